The van der Waals surface area contributed by atoms with Crippen molar-refractivity contribution in [2.45, 2.75) is 6.92 Å². The number of carbonyl (C=O) groups is 2. The molecule has 10 heteroatoms. The first-order chi connectivity index (χ1) is 12.9. The zero-order valence-corrected chi connectivity index (χ0v) is 17.3. The van der Waals surface area contributed by atoms with Crippen LogP contribution in [0, 0.1) is 6.92 Å². The van der Waals surface area contributed by atoms with E-state index in [1.165, 1.54) is 41.9 Å². The summed E-state index contributed by atoms with van der Waals surface area (Å²) in [5, 5.41) is 1.13. The molecule has 0 aliphatic carbocycles. The predicted molar refractivity (Wildman–Crippen MR) is 108 cm³/mol. The van der Waals surface area contributed by atoms with E-state index in [0.29, 0.717) is 30.7 Å². The van der Waals surface area contributed by atoms with Crippen LogP contribution >= 0.6 is 45.9 Å². The van der Waals surface area contributed by atoms with E-state index >= 15 is 0 Å². The number of methoxy groups -OCH3 is 1. The van der Waals surface area contributed by atoms with Crippen LogP contribution in [0.4, 0.5) is 0 Å². The Labute approximate surface area is 173 Å². The van der Waals surface area contributed by atoms with Gasteiger partial charge < -0.3 is 4.74 Å². The van der Waals surface area contributed by atoms with Crippen molar-refractivity contribution < 1.29 is 14.3 Å². The summed E-state index contributed by atoms with van der Waals surface area (Å²) in [6.45, 7) is 1.73. The van der Waals surface area contributed by atoms with Crippen molar-refractivity contribution in [3.8, 4) is 15.6 Å². The maximum absolute atomic E-state index is 12.4. The molecular weight excluding hydrogens is 429 g/mol. The SMILES string of the molecule is COc1cc(Cl)ccc1C(=O)NNC(=O)c1sc(-c2ccc(Cl)s2)nc1C. The number of hydrazine groups is 1. The highest BCUT2D eigenvalue weighted by molar-refractivity contribution is 7.24. The van der Waals surface area contributed by atoms with Gasteiger partial charge in [-0.3, -0.25) is 20.4 Å². The van der Waals surface area contributed by atoms with Crippen LogP contribution in [-0.2, 0) is 0 Å². The second-order valence-corrected chi connectivity index (χ2v) is 8.44. The average Bonchev–Trinajstić information content (AvgIpc) is 3.24. The highest BCUT2D eigenvalue weighted by Crippen LogP contribution is 2.34. The Morgan fingerprint density at radius 2 is 1.81 bits per heavy atom. The Morgan fingerprint density at radius 1 is 1.07 bits per heavy atom. The summed E-state index contributed by atoms with van der Waals surface area (Å²) in [6.07, 6.45) is 0. The number of aromatic nitrogens is 1. The minimum Gasteiger partial charge on any atom is -0.496 e. The molecular formula is C17H13Cl2N3O3S2. The molecule has 2 N–H and O–H groups in total. The number of carbonyl (C=O) groups excluding carboxylic acids is 2. The summed E-state index contributed by atoms with van der Waals surface area (Å²) in [7, 11) is 1.43. The quantitative estimate of drug-likeness (QED) is 0.580. The van der Waals surface area contributed by atoms with Crippen LogP contribution in [0.5, 0.6) is 5.75 Å². The highest BCUT2D eigenvalue weighted by atomic mass is 35.5. The van der Waals surface area contributed by atoms with Crippen LogP contribution in [0.2, 0.25) is 9.36 Å². The van der Waals surface area contributed by atoms with Crippen LogP contribution in [0.1, 0.15) is 25.7 Å². The number of hydrogen-bond acceptors (Lipinski definition) is 6. The number of halogens is 2. The molecule has 6 nitrogen and oxygen atoms in total. The van der Waals surface area contributed by atoms with E-state index in [2.05, 4.69) is 15.8 Å². The minimum atomic E-state index is -0.524. The van der Waals surface area contributed by atoms with Gasteiger partial charge in [-0.15, -0.1) is 22.7 Å². The van der Waals surface area contributed by atoms with Crippen molar-refractivity contribution in [1.29, 1.82) is 0 Å². The Bertz CT molecular complexity index is 1020. The third-order valence-electron chi connectivity index (χ3n) is 3.48. The first kappa shape index (κ1) is 19.6. The number of benzene rings is 1. The molecule has 0 saturated carbocycles. The average molecular weight is 442 g/mol. The molecule has 3 aromatic rings. The fourth-order valence-corrected chi connectivity index (χ4v) is 4.45. The number of nitrogens with one attached hydrogen (secondary N) is 2. The van der Waals surface area contributed by atoms with Gasteiger partial charge in [0.05, 0.1) is 27.6 Å². The molecule has 2 heterocycles. The second kappa shape index (κ2) is 8.26. The number of rotatable bonds is 4. The number of ether oxygens (including phenoxy) is 1. The largest absolute Gasteiger partial charge is 0.496 e. The lowest BCUT2D eigenvalue weighted by Gasteiger charge is -2.10. The molecule has 27 heavy (non-hydrogen) atoms. The summed E-state index contributed by atoms with van der Waals surface area (Å²) in [5.41, 5.74) is 5.58. The molecule has 0 aliphatic heterocycles. The zero-order chi connectivity index (χ0) is 19.6. The van der Waals surface area contributed by atoms with Gasteiger partial charge in [0.25, 0.3) is 11.8 Å². The zero-order valence-electron chi connectivity index (χ0n) is 14.1. The molecule has 0 spiro atoms. The van der Waals surface area contributed by atoms with Crippen molar-refractivity contribution in [2.24, 2.45) is 0 Å². The first-order valence-corrected chi connectivity index (χ1v) is 9.95. The smallest absolute Gasteiger partial charge is 0.281 e. The Balaban J connectivity index is 1.71. The normalized spacial score (nSPS) is 10.5. The molecule has 0 saturated heterocycles. The van der Waals surface area contributed by atoms with Gasteiger partial charge in [0.2, 0.25) is 0 Å². The first-order valence-electron chi connectivity index (χ1n) is 7.56. The van der Waals surface area contributed by atoms with E-state index in [1.54, 1.807) is 19.1 Å². The van der Waals surface area contributed by atoms with Gasteiger partial charge in [-0.25, -0.2) is 4.98 Å². The van der Waals surface area contributed by atoms with Crippen LogP contribution in [0.25, 0.3) is 9.88 Å². The standard InChI is InChI=1S/C17H13Cl2N3O3S2/c1-8-14(27-17(20-8)12-5-6-13(19)26-12)16(24)22-21-15(23)10-4-3-9(18)7-11(10)25-2/h3-7H,1-2H3,(H,21,23)(H,22,24). The molecule has 0 aliphatic rings. The maximum atomic E-state index is 12.4. The van der Waals surface area contributed by atoms with Gasteiger partial charge in [0, 0.05) is 5.02 Å². The van der Waals surface area contributed by atoms with Gasteiger partial charge in [-0.1, -0.05) is 23.2 Å². The third kappa shape index (κ3) is 4.41. The Kier molecular flexibility index (Phi) is 6.01. The number of thiazole rings is 1. The topological polar surface area (TPSA) is 80.3 Å². The van der Waals surface area contributed by atoms with Gasteiger partial charge in [-0.2, -0.15) is 0 Å². The summed E-state index contributed by atoms with van der Waals surface area (Å²) in [4.78, 5) is 30.4. The second-order valence-electron chi connectivity index (χ2n) is 5.29. The number of nitrogens with zero attached hydrogens (tertiary/aromatic N) is 1. The van der Waals surface area contributed by atoms with Crippen molar-refractivity contribution >= 4 is 57.7 Å². The molecule has 0 radical (unpaired) electrons. The van der Waals surface area contributed by atoms with Gasteiger partial charge in [0.15, 0.2) is 0 Å². The van der Waals surface area contributed by atoms with Gasteiger partial charge in [-0.05, 0) is 37.3 Å². The van der Waals surface area contributed by atoms with Crippen LogP contribution < -0.4 is 15.6 Å². The van der Waals surface area contributed by atoms with Crippen molar-refractivity contribution in [3.05, 3.63) is 55.8 Å². The predicted octanol–water partition coefficient (Wildman–Crippen LogP) is 4.57. The number of hydrogen-bond donors (Lipinski definition) is 2. The van der Waals surface area contributed by atoms with E-state index in [9.17, 15) is 9.59 Å². The molecule has 0 fully saturated rings. The molecule has 0 atom stereocenters. The van der Waals surface area contributed by atoms with Crippen LogP contribution in [-0.4, -0.2) is 23.9 Å². The van der Waals surface area contributed by atoms with Crippen LogP contribution in [0.15, 0.2) is 30.3 Å². The van der Waals surface area contributed by atoms with E-state index < -0.39 is 11.8 Å². The van der Waals surface area contributed by atoms with Gasteiger partial charge in [0.1, 0.15) is 15.6 Å². The summed E-state index contributed by atoms with van der Waals surface area (Å²) < 4.78 is 5.78. The van der Waals surface area contributed by atoms with E-state index in [-0.39, 0.29) is 5.56 Å². The fourth-order valence-electron chi connectivity index (χ4n) is 2.23. The molecule has 1 aromatic carbocycles. The lowest BCUT2D eigenvalue weighted by atomic mass is 10.2. The molecule has 2 aromatic heterocycles. The number of thiophene rings is 1. The lowest BCUT2D eigenvalue weighted by molar-refractivity contribution is 0.0846. The van der Waals surface area contributed by atoms with Crippen molar-refractivity contribution in [1.82, 2.24) is 15.8 Å². The molecule has 140 valence electrons. The molecule has 3 rings (SSSR count). The van der Waals surface area contributed by atoms with Gasteiger partial charge >= 0.3 is 0 Å². The van der Waals surface area contributed by atoms with E-state index in [0.717, 1.165) is 4.88 Å². The molecule has 0 unspecified atom stereocenters. The highest BCUT2D eigenvalue weighted by Gasteiger charge is 2.19. The third-order valence-corrected chi connectivity index (χ3v) is 6.28. The van der Waals surface area contributed by atoms with Crippen molar-refractivity contribution in [2.75, 3.05) is 7.11 Å². The lowest BCUT2D eigenvalue weighted by Crippen LogP contribution is -2.41. The number of amides is 2. The number of aryl methyl sites for hydroxylation is 1. The fraction of sp³-hybridized carbons (Fsp3) is 0.118. The molecule has 0 bridgehead atoms. The summed E-state index contributed by atoms with van der Waals surface area (Å²) >= 11 is 14.4. The Morgan fingerprint density at radius 3 is 2.48 bits per heavy atom. The van der Waals surface area contributed by atoms with Crippen molar-refractivity contribution in [3.63, 3.8) is 0 Å². The molecule has 2 amide bonds. The monoisotopic (exact) mass is 441 g/mol. The van der Waals surface area contributed by atoms with Crippen LogP contribution in [0.3, 0.4) is 0 Å². The minimum absolute atomic E-state index is 0.247. The van der Waals surface area contributed by atoms with E-state index in [1.807, 2.05) is 6.07 Å². The maximum Gasteiger partial charge on any atom is 0.281 e. The van der Waals surface area contributed by atoms with E-state index in [4.69, 9.17) is 27.9 Å². The summed E-state index contributed by atoms with van der Waals surface area (Å²) in [6, 6.07) is 8.22. The Hall–Kier alpha value is -2.13. The summed E-state index contributed by atoms with van der Waals surface area (Å²) in [5.74, 6) is -0.676.